The molecule has 15 heavy (non-hydrogen) atoms. The highest BCUT2D eigenvalue weighted by atomic mass is 35.5. The molecule has 1 N–H and O–H groups in total. The number of hydrogen-bond donors (Lipinski definition) is 1. The van der Waals surface area contributed by atoms with Crippen molar-refractivity contribution in [1.29, 1.82) is 0 Å². The summed E-state index contributed by atoms with van der Waals surface area (Å²) in [7, 11) is 0. The molecule has 0 aliphatic rings. The normalized spacial score (nSPS) is 10.3. The van der Waals surface area contributed by atoms with E-state index < -0.39 is 0 Å². The van der Waals surface area contributed by atoms with Crippen LogP contribution >= 0.6 is 22.9 Å². The highest BCUT2D eigenvalue weighted by Gasteiger charge is 2.01. The summed E-state index contributed by atoms with van der Waals surface area (Å²) in [6, 6.07) is 1.92. The molecule has 3 nitrogen and oxygen atoms in total. The quantitative estimate of drug-likeness (QED) is 0.620. The van der Waals surface area contributed by atoms with E-state index in [9.17, 15) is 4.79 Å². The van der Waals surface area contributed by atoms with E-state index >= 15 is 0 Å². The molecule has 0 aromatic carbocycles. The van der Waals surface area contributed by atoms with E-state index in [-0.39, 0.29) is 5.97 Å². The van der Waals surface area contributed by atoms with Gasteiger partial charge in [-0.05, 0) is 13.0 Å². The molecule has 0 aliphatic carbocycles. The molecule has 1 aromatic rings. The second-order valence-corrected chi connectivity index (χ2v) is 4.40. The van der Waals surface area contributed by atoms with Crippen LogP contribution in [0.3, 0.4) is 0 Å². The molecule has 0 atom stereocenters. The van der Waals surface area contributed by atoms with E-state index in [1.54, 1.807) is 18.3 Å². The van der Waals surface area contributed by atoms with Crippen LogP contribution in [0.1, 0.15) is 18.2 Å². The fourth-order valence-electron chi connectivity index (χ4n) is 1.08. The molecule has 0 saturated carbocycles. The van der Waals surface area contributed by atoms with Crippen molar-refractivity contribution in [2.75, 3.05) is 13.2 Å². The zero-order valence-corrected chi connectivity index (χ0v) is 10.2. The summed E-state index contributed by atoms with van der Waals surface area (Å²) >= 11 is 7.38. The Bertz CT molecular complexity index is 314. The lowest BCUT2D eigenvalue weighted by Crippen LogP contribution is -2.18. The number of thiophene rings is 1. The van der Waals surface area contributed by atoms with Crippen molar-refractivity contribution in [3.8, 4) is 0 Å². The first-order valence-electron chi connectivity index (χ1n) is 4.81. The van der Waals surface area contributed by atoms with E-state index in [0.717, 1.165) is 11.6 Å². The summed E-state index contributed by atoms with van der Waals surface area (Å²) in [5.74, 6) is -0.158. The molecule has 0 spiro atoms. The van der Waals surface area contributed by atoms with Gasteiger partial charge in [-0.15, -0.1) is 11.3 Å². The van der Waals surface area contributed by atoms with Gasteiger partial charge in [-0.3, -0.25) is 4.79 Å². The van der Waals surface area contributed by atoms with Crippen molar-refractivity contribution >= 4 is 28.9 Å². The third-order valence-electron chi connectivity index (χ3n) is 1.73. The maximum Gasteiger partial charge on any atom is 0.307 e. The molecule has 84 valence electrons. The Balaban J connectivity index is 2.09. The Labute approximate surface area is 98.4 Å². The summed E-state index contributed by atoms with van der Waals surface area (Å²) in [6.07, 6.45) is 0.410. The Morgan fingerprint density at radius 2 is 2.47 bits per heavy atom. The van der Waals surface area contributed by atoms with Gasteiger partial charge in [-0.1, -0.05) is 11.6 Å². The average molecular weight is 248 g/mol. The maximum atomic E-state index is 11.0. The van der Waals surface area contributed by atoms with Gasteiger partial charge in [0, 0.05) is 23.3 Å². The van der Waals surface area contributed by atoms with Crippen LogP contribution < -0.4 is 5.32 Å². The van der Waals surface area contributed by atoms with Gasteiger partial charge < -0.3 is 10.1 Å². The monoisotopic (exact) mass is 247 g/mol. The van der Waals surface area contributed by atoms with E-state index in [1.807, 2.05) is 11.4 Å². The van der Waals surface area contributed by atoms with E-state index in [0.29, 0.717) is 19.6 Å². The van der Waals surface area contributed by atoms with Gasteiger partial charge in [0.25, 0.3) is 0 Å². The molecule has 0 bridgehead atoms. The molecule has 0 radical (unpaired) electrons. The molecule has 0 saturated heterocycles. The molecule has 0 aliphatic heterocycles. The van der Waals surface area contributed by atoms with Crippen LogP contribution in [-0.2, 0) is 16.1 Å². The Kier molecular flexibility index (Phi) is 5.68. The number of hydrogen-bond acceptors (Lipinski definition) is 4. The van der Waals surface area contributed by atoms with Crippen molar-refractivity contribution < 1.29 is 9.53 Å². The standard InChI is InChI=1S/C10H14ClNO2S/c1-2-14-10(13)3-4-12-6-9-5-8(11)7-15-9/h5,7,12H,2-4,6H2,1H3. The van der Waals surface area contributed by atoms with Crippen LogP contribution in [0.25, 0.3) is 0 Å². The van der Waals surface area contributed by atoms with E-state index in [2.05, 4.69) is 5.32 Å². The first-order valence-corrected chi connectivity index (χ1v) is 6.07. The number of halogens is 1. The predicted octanol–water partition coefficient (Wildman–Crippen LogP) is 2.44. The fraction of sp³-hybridized carbons (Fsp3) is 0.500. The van der Waals surface area contributed by atoms with Gasteiger partial charge in [-0.25, -0.2) is 0 Å². The van der Waals surface area contributed by atoms with E-state index in [1.165, 1.54) is 4.88 Å². The fourth-order valence-corrected chi connectivity index (χ4v) is 2.12. The van der Waals surface area contributed by atoms with E-state index in [4.69, 9.17) is 16.3 Å². The summed E-state index contributed by atoms with van der Waals surface area (Å²) in [5.41, 5.74) is 0. The van der Waals surface area contributed by atoms with Gasteiger partial charge in [-0.2, -0.15) is 0 Å². The first-order chi connectivity index (χ1) is 7.22. The van der Waals surface area contributed by atoms with Crippen molar-refractivity contribution in [2.45, 2.75) is 19.9 Å². The first kappa shape index (κ1) is 12.5. The highest BCUT2D eigenvalue weighted by molar-refractivity contribution is 7.10. The molecule has 1 heterocycles. The lowest BCUT2D eigenvalue weighted by Gasteiger charge is -2.02. The van der Waals surface area contributed by atoms with Crippen molar-refractivity contribution in [3.63, 3.8) is 0 Å². The van der Waals surface area contributed by atoms with Gasteiger partial charge in [0.1, 0.15) is 0 Å². The Morgan fingerprint density at radius 3 is 3.07 bits per heavy atom. The molecule has 1 aromatic heterocycles. The second-order valence-electron chi connectivity index (χ2n) is 2.96. The highest BCUT2D eigenvalue weighted by Crippen LogP contribution is 2.18. The number of rotatable bonds is 6. The molecule has 5 heteroatoms. The lowest BCUT2D eigenvalue weighted by molar-refractivity contribution is -0.142. The Morgan fingerprint density at radius 1 is 1.67 bits per heavy atom. The molecule has 0 unspecified atom stereocenters. The van der Waals surface area contributed by atoms with Gasteiger partial charge in [0.15, 0.2) is 0 Å². The third kappa shape index (κ3) is 5.16. The average Bonchev–Trinajstić information content (AvgIpc) is 2.60. The minimum atomic E-state index is -0.158. The Hall–Kier alpha value is -0.580. The van der Waals surface area contributed by atoms with Crippen molar-refractivity contribution in [2.24, 2.45) is 0 Å². The SMILES string of the molecule is CCOC(=O)CCNCc1cc(Cl)cs1. The zero-order chi connectivity index (χ0) is 11.1. The summed E-state index contributed by atoms with van der Waals surface area (Å²) < 4.78 is 4.80. The summed E-state index contributed by atoms with van der Waals surface area (Å²) in [4.78, 5) is 12.1. The second kappa shape index (κ2) is 6.82. The van der Waals surface area contributed by atoms with Gasteiger partial charge in [0.2, 0.25) is 0 Å². The number of nitrogens with one attached hydrogen (secondary N) is 1. The minimum absolute atomic E-state index is 0.158. The zero-order valence-electron chi connectivity index (χ0n) is 8.59. The van der Waals surface area contributed by atoms with Gasteiger partial charge in [0.05, 0.1) is 18.1 Å². The van der Waals surface area contributed by atoms with Crippen LogP contribution in [0.5, 0.6) is 0 Å². The largest absolute Gasteiger partial charge is 0.466 e. The topological polar surface area (TPSA) is 38.3 Å². The van der Waals surface area contributed by atoms with Crippen LogP contribution in [0.4, 0.5) is 0 Å². The molecule has 1 rings (SSSR count). The molecular weight excluding hydrogens is 234 g/mol. The number of esters is 1. The van der Waals surface area contributed by atoms with Crippen LogP contribution in [-0.4, -0.2) is 19.1 Å². The number of ether oxygens (including phenoxy) is 1. The van der Waals surface area contributed by atoms with Crippen molar-refractivity contribution in [3.05, 3.63) is 21.3 Å². The van der Waals surface area contributed by atoms with Crippen LogP contribution in [0, 0.1) is 0 Å². The molecule has 0 amide bonds. The smallest absolute Gasteiger partial charge is 0.307 e. The third-order valence-corrected chi connectivity index (χ3v) is 3.02. The minimum Gasteiger partial charge on any atom is -0.466 e. The summed E-state index contributed by atoms with van der Waals surface area (Å²) in [6.45, 7) is 3.63. The van der Waals surface area contributed by atoms with Crippen molar-refractivity contribution in [1.82, 2.24) is 5.32 Å². The number of carbonyl (C=O) groups excluding carboxylic acids is 1. The number of carbonyl (C=O) groups is 1. The van der Waals surface area contributed by atoms with Crippen LogP contribution in [0.15, 0.2) is 11.4 Å². The summed E-state index contributed by atoms with van der Waals surface area (Å²) in [5, 5.41) is 5.81. The maximum absolute atomic E-state index is 11.0. The molecule has 0 fully saturated rings. The lowest BCUT2D eigenvalue weighted by atomic mass is 10.4. The molecular formula is C10H14ClNO2S. The van der Waals surface area contributed by atoms with Crippen LogP contribution in [0.2, 0.25) is 5.02 Å². The van der Waals surface area contributed by atoms with Gasteiger partial charge >= 0.3 is 5.97 Å². The predicted molar refractivity (Wildman–Crippen MR) is 62.3 cm³/mol.